The van der Waals surface area contributed by atoms with E-state index < -0.39 is 0 Å². The van der Waals surface area contributed by atoms with Crippen LogP contribution < -0.4 is 10.6 Å². The first-order valence-corrected chi connectivity index (χ1v) is 6.77. The summed E-state index contributed by atoms with van der Waals surface area (Å²) in [6.45, 7) is 10.4. The number of anilines is 3. The van der Waals surface area contributed by atoms with E-state index in [9.17, 15) is 0 Å². The van der Waals surface area contributed by atoms with Crippen LogP contribution in [0.4, 0.5) is 17.5 Å². The van der Waals surface area contributed by atoms with E-state index in [0.717, 1.165) is 11.5 Å². The van der Waals surface area contributed by atoms with Crippen LogP contribution in [0.2, 0.25) is 0 Å². The zero-order valence-corrected chi connectivity index (χ0v) is 12.7. The molecule has 2 N–H and O–H groups in total. The van der Waals surface area contributed by atoms with Crippen LogP contribution in [0.3, 0.4) is 0 Å². The molecule has 5 heteroatoms. The van der Waals surface area contributed by atoms with Crippen molar-refractivity contribution in [2.45, 2.75) is 40.7 Å². The molecule has 0 amide bonds. The lowest BCUT2D eigenvalue weighted by Gasteiger charge is -2.13. The summed E-state index contributed by atoms with van der Waals surface area (Å²) < 4.78 is 0. The fraction of sp³-hybridized carbons (Fsp3) is 0.400. The van der Waals surface area contributed by atoms with Gasteiger partial charge in [0.25, 0.3) is 0 Å². The quantitative estimate of drug-likeness (QED) is 0.892. The van der Waals surface area contributed by atoms with Crippen molar-refractivity contribution in [2.75, 3.05) is 10.6 Å². The molecule has 0 aliphatic rings. The van der Waals surface area contributed by atoms with Gasteiger partial charge in [0.15, 0.2) is 5.82 Å². The average Bonchev–Trinajstić information content (AvgIpc) is 2.33. The van der Waals surface area contributed by atoms with Crippen molar-refractivity contribution in [3.8, 4) is 0 Å². The second kappa shape index (κ2) is 5.86. The summed E-state index contributed by atoms with van der Waals surface area (Å²) in [5, 5.41) is 14.5. The molecule has 1 heterocycles. The second-order valence-corrected chi connectivity index (χ2v) is 5.36. The molecule has 5 nitrogen and oxygen atoms in total. The van der Waals surface area contributed by atoms with Crippen molar-refractivity contribution in [3.63, 3.8) is 0 Å². The fourth-order valence-electron chi connectivity index (χ4n) is 2.21. The van der Waals surface area contributed by atoms with Gasteiger partial charge in [-0.05, 0) is 45.7 Å². The first-order valence-electron chi connectivity index (χ1n) is 6.77. The summed E-state index contributed by atoms with van der Waals surface area (Å²) in [6.07, 6.45) is 1.63. The van der Waals surface area contributed by atoms with Gasteiger partial charge in [-0.2, -0.15) is 10.1 Å². The number of nitrogens with one attached hydrogen (secondary N) is 2. The Hall–Kier alpha value is -2.17. The molecule has 0 aliphatic carbocycles. The predicted molar refractivity (Wildman–Crippen MR) is 82.5 cm³/mol. The van der Waals surface area contributed by atoms with Gasteiger partial charge in [0.05, 0.1) is 6.20 Å². The van der Waals surface area contributed by atoms with Gasteiger partial charge in [-0.25, -0.2) is 0 Å². The molecule has 106 valence electrons. The van der Waals surface area contributed by atoms with Crippen molar-refractivity contribution >= 4 is 17.5 Å². The summed E-state index contributed by atoms with van der Waals surface area (Å²) in [4.78, 5) is 4.42. The van der Waals surface area contributed by atoms with Crippen LogP contribution >= 0.6 is 0 Å². The molecular weight excluding hydrogens is 250 g/mol. The van der Waals surface area contributed by atoms with Crippen molar-refractivity contribution in [2.24, 2.45) is 0 Å². The van der Waals surface area contributed by atoms with Crippen molar-refractivity contribution in [3.05, 3.63) is 35.0 Å². The number of hydrogen-bond acceptors (Lipinski definition) is 5. The average molecular weight is 271 g/mol. The van der Waals surface area contributed by atoms with E-state index in [1.54, 1.807) is 6.20 Å². The molecule has 0 saturated carbocycles. The zero-order chi connectivity index (χ0) is 14.7. The van der Waals surface area contributed by atoms with Crippen LogP contribution in [-0.2, 0) is 0 Å². The van der Waals surface area contributed by atoms with Gasteiger partial charge in [0.1, 0.15) is 0 Å². The van der Waals surface area contributed by atoms with Crippen molar-refractivity contribution < 1.29 is 0 Å². The Labute approximate surface area is 119 Å². The molecule has 0 spiro atoms. The lowest BCUT2D eigenvalue weighted by atomic mass is 10.1. The van der Waals surface area contributed by atoms with E-state index in [-0.39, 0.29) is 0 Å². The molecule has 0 unspecified atom stereocenters. The number of nitrogens with zero attached hydrogens (tertiary/aromatic N) is 3. The SMILES string of the molecule is Cc1cc(C)c(Nc2nncc(NC(C)C)n2)c(C)c1. The summed E-state index contributed by atoms with van der Waals surface area (Å²) in [6, 6.07) is 4.58. The summed E-state index contributed by atoms with van der Waals surface area (Å²) >= 11 is 0. The third kappa shape index (κ3) is 3.44. The van der Waals surface area contributed by atoms with Crippen LogP contribution in [0.15, 0.2) is 18.3 Å². The topological polar surface area (TPSA) is 62.7 Å². The van der Waals surface area contributed by atoms with Crippen molar-refractivity contribution in [1.82, 2.24) is 15.2 Å². The minimum atomic E-state index is 0.308. The molecule has 1 aromatic heterocycles. The largest absolute Gasteiger partial charge is 0.366 e. The van der Waals surface area contributed by atoms with Gasteiger partial charge >= 0.3 is 0 Å². The van der Waals surface area contributed by atoms with Crippen LogP contribution in [0.1, 0.15) is 30.5 Å². The highest BCUT2D eigenvalue weighted by molar-refractivity contribution is 5.64. The van der Waals surface area contributed by atoms with Gasteiger partial charge in [-0.3, -0.25) is 0 Å². The maximum absolute atomic E-state index is 4.42. The monoisotopic (exact) mass is 271 g/mol. The summed E-state index contributed by atoms with van der Waals surface area (Å²) in [7, 11) is 0. The van der Waals surface area contributed by atoms with Crippen molar-refractivity contribution in [1.29, 1.82) is 0 Å². The minimum Gasteiger partial charge on any atom is -0.366 e. The van der Waals surface area contributed by atoms with E-state index in [4.69, 9.17) is 0 Å². The summed E-state index contributed by atoms with van der Waals surface area (Å²) in [5.74, 6) is 1.23. The maximum atomic E-state index is 4.42. The fourth-order valence-corrected chi connectivity index (χ4v) is 2.21. The predicted octanol–water partition coefficient (Wildman–Crippen LogP) is 3.36. The first kappa shape index (κ1) is 14.2. The highest BCUT2D eigenvalue weighted by Crippen LogP contribution is 2.24. The zero-order valence-electron chi connectivity index (χ0n) is 12.7. The molecule has 0 aliphatic heterocycles. The standard InChI is InChI=1S/C15H21N5/c1-9(2)17-13-8-16-20-15(18-13)19-14-11(4)6-10(3)7-12(14)5/h6-9H,1-5H3,(H2,17,18,19,20). The van der Waals surface area contributed by atoms with Gasteiger partial charge in [0.2, 0.25) is 5.95 Å². The molecule has 1 aromatic carbocycles. The third-order valence-corrected chi connectivity index (χ3v) is 2.91. The van der Waals surface area contributed by atoms with E-state index in [0.29, 0.717) is 12.0 Å². The van der Waals surface area contributed by atoms with Crippen LogP contribution in [0, 0.1) is 20.8 Å². The Morgan fingerprint density at radius 3 is 2.30 bits per heavy atom. The smallest absolute Gasteiger partial charge is 0.249 e. The highest BCUT2D eigenvalue weighted by atomic mass is 15.3. The Kier molecular flexibility index (Phi) is 4.17. The normalized spacial score (nSPS) is 10.7. The molecule has 2 aromatic rings. The van der Waals surface area contributed by atoms with Crippen LogP contribution in [-0.4, -0.2) is 21.2 Å². The Balaban J connectivity index is 2.26. The number of aromatic nitrogens is 3. The number of benzene rings is 1. The van der Waals surface area contributed by atoms with Crippen LogP contribution in [0.25, 0.3) is 0 Å². The van der Waals surface area contributed by atoms with E-state index >= 15 is 0 Å². The van der Waals surface area contributed by atoms with E-state index in [1.165, 1.54) is 16.7 Å². The van der Waals surface area contributed by atoms with E-state index in [2.05, 4.69) is 72.6 Å². The Morgan fingerprint density at radius 1 is 1.05 bits per heavy atom. The molecule has 0 atom stereocenters. The number of hydrogen-bond donors (Lipinski definition) is 2. The van der Waals surface area contributed by atoms with Gasteiger partial charge in [-0.1, -0.05) is 17.7 Å². The van der Waals surface area contributed by atoms with Gasteiger partial charge in [0, 0.05) is 11.7 Å². The highest BCUT2D eigenvalue weighted by Gasteiger charge is 2.07. The maximum Gasteiger partial charge on any atom is 0.249 e. The summed E-state index contributed by atoms with van der Waals surface area (Å²) in [5.41, 5.74) is 4.64. The third-order valence-electron chi connectivity index (χ3n) is 2.91. The lowest BCUT2D eigenvalue weighted by Crippen LogP contribution is -2.12. The molecule has 0 radical (unpaired) electrons. The molecule has 0 saturated heterocycles. The van der Waals surface area contributed by atoms with Crippen LogP contribution in [0.5, 0.6) is 0 Å². The Morgan fingerprint density at radius 2 is 1.70 bits per heavy atom. The minimum absolute atomic E-state index is 0.308. The molecule has 0 bridgehead atoms. The van der Waals surface area contributed by atoms with Gasteiger partial charge in [-0.15, -0.1) is 5.10 Å². The van der Waals surface area contributed by atoms with Gasteiger partial charge < -0.3 is 10.6 Å². The molecule has 2 rings (SSSR count). The first-order chi connectivity index (χ1) is 9.45. The molecule has 0 fully saturated rings. The second-order valence-electron chi connectivity index (χ2n) is 5.36. The molecule has 20 heavy (non-hydrogen) atoms. The number of aryl methyl sites for hydroxylation is 3. The lowest BCUT2D eigenvalue weighted by molar-refractivity contribution is 0.873. The molecular formula is C15H21N5. The Bertz CT molecular complexity index is 584. The number of rotatable bonds is 4. The van der Waals surface area contributed by atoms with E-state index in [1.807, 2.05) is 0 Å².